The van der Waals surface area contributed by atoms with Gasteiger partial charge in [-0.3, -0.25) is 29.8 Å². The van der Waals surface area contributed by atoms with Gasteiger partial charge < -0.3 is 0 Å². The number of nitrogens with one attached hydrogen (secondary N) is 2. The van der Waals surface area contributed by atoms with Crippen molar-refractivity contribution in [3.63, 3.8) is 0 Å². The summed E-state index contributed by atoms with van der Waals surface area (Å²) < 4.78 is 0.206. The van der Waals surface area contributed by atoms with Gasteiger partial charge in [-0.15, -0.1) is 0 Å². The van der Waals surface area contributed by atoms with Crippen LogP contribution in [0, 0.1) is 0 Å². The number of thioether (sulfide) groups is 2. The summed E-state index contributed by atoms with van der Waals surface area (Å²) in [5.74, 6) is -2.34. The second-order valence-corrected chi connectivity index (χ2v) is 7.27. The molecule has 1 fully saturated rings. The third-order valence-corrected chi connectivity index (χ3v) is 6.13. The van der Waals surface area contributed by atoms with Crippen LogP contribution in [0.5, 0.6) is 0 Å². The average Bonchev–Trinajstić information content (AvgIpc) is 2.97. The predicted molar refractivity (Wildman–Crippen MR) is 86.0 cm³/mol. The van der Waals surface area contributed by atoms with E-state index >= 15 is 0 Å². The van der Waals surface area contributed by atoms with Gasteiger partial charge in [0, 0.05) is 11.1 Å². The van der Waals surface area contributed by atoms with Gasteiger partial charge in [-0.1, -0.05) is 47.8 Å². The molecular weight excluding hydrogens is 352 g/mol. The summed E-state index contributed by atoms with van der Waals surface area (Å²) in [6, 6.07) is 5.55. The first kappa shape index (κ1) is 14.9. The number of barbiturate groups is 1. The summed E-state index contributed by atoms with van der Waals surface area (Å²) in [5.41, 5.74) is 0.324. The van der Waals surface area contributed by atoms with E-state index in [1.807, 2.05) is 10.6 Å². The van der Waals surface area contributed by atoms with Gasteiger partial charge in [0.15, 0.2) is 0 Å². The average molecular weight is 358 g/mol. The molecule has 0 aromatic heterocycles. The van der Waals surface area contributed by atoms with Crippen LogP contribution in [0.3, 0.4) is 0 Å². The predicted octanol–water partition coefficient (Wildman–Crippen LogP) is 1.33. The zero-order valence-electron chi connectivity index (χ0n) is 11.7. The molecular formula is C15H6N2O5S2. The fraction of sp³-hybridized carbons (Fsp3) is 0. The van der Waals surface area contributed by atoms with Crippen molar-refractivity contribution in [2.75, 3.05) is 0 Å². The number of benzene rings is 1. The van der Waals surface area contributed by atoms with Crippen LogP contribution >= 0.6 is 23.5 Å². The van der Waals surface area contributed by atoms with Crippen molar-refractivity contribution >= 4 is 52.9 Å². The fourth-order valence-corrected chi connectivity index (χ4v) is 5.11. The van der Waals surface area contributed by atoms with Crippen molar-refractivity contribution in [3.05, 3.63) is 55.0 Å². The Balaban J connectivity index is 1.77. The molecule has 1 saturated heterocycles. The molecule has 0 bridgehead atoms. The summed E-state index contributed by atoms with van der Waals surface area (Å²) in [4.78, 5) is 60.5. The molecule has 4 amide bonds. The normalized spacial score (nSPS) is 20.1. The maximum atomic E-state index is 12.6. The van der Waals surface area contributed by atoms with E-state index in [0.717, 1.165) is 23.5 Å². The Morgan fingerprint density at radius 2 is 1.17 bits per heavy atom. The van der Waals surface area contributed by atoms with Gasteiger partial charge in [0.2, 0.25) is 11.6 Å². The van der Waals surface area contributed by atoms with Gasteiger partial charge in [0.05, 0.1) is 14.0 Å². The summed E-state index contributed by atoms with van der Waals surface area (Å²) in [6.45, 7) is 0. The van der Waals surface area contributed by atoms with Crippen molar-refractivity contribution in [2.24, 2.45) is 0 Å². The first-order valence-corrected chi connectivity index (χ1v) is 8.30. The standard InChI is InChI=1S/C15H6N2O5S2/c18-8-5-3-1-2-4-6(5)9(19)11-10(8)23-14(24-11)7-12(20)16-15(22)17-13(7)21/h1-4H,(H2,16,17,20,21,22). The van der Waals surface area contributed by atoms with E-state index in [2.05, 4.69) is 0 Å². The fourth-order valence-electron chi connectivity index (χ4n) is 2.47. The molecule has 2 N–H and O–H groups in total. The third-order valence-electron chi connectivity index (χ3n) is 3.54. The number of hydrogen-bond acceptors (Lipinski definition) is 7. The number of rotatable bonds is 0. The lowest BCUT2D eigenvalue weighted by Gasteiger charge is -2.15. The molecule has 3 aliphatic rings. The van der Waals surface area contributed by atoms with E-state index in [1.165, 1.54) is 0 Å². The van der Waals surface area contributed by atoms with Crippen LogP contribution in [0.25, 0.3) is 0 Å². The molecule has 2 aliphatic heterocycles. The van der Waals surface area contributed by atoms with Gasteiger partial charge in [-0.05, 0) is 0 Å². The Labute approximate surface area is 142 Å². The molecule has 24 heavy (non-hydrogen) atoms. The number of urea groups is 1. The van der Waals surface area contributed by atoms with E-state index in [9.17, 15) is 24.0 Å². The van der Waals surface area contributed by atoms with Crippen molar-refractivity contribution in [1.82, 2.24) is 10.6 Å². The smallest absolute Gasteiger partial charge is 0.288 e. The molecule has 0 spiro atoms. The molecule has 9 heteroatoms. The first-order chi connectivity index (χ1) is 11.5. The Hall–Kier alpha value is -2.65. The van der Waals surface area contributed by atoms with Gasteiger partial charge in [0.25, 0.3) is 11.8 Å². The number of allylic oxidation sites excluding steroid dienone is 2. The molecule has 0 atom stereocenters. The van der Waals surface area contributed by atoms with Crippen LogP contribution in [0.2, 0.25) is 0 Å². The summed E-state index contributed by atoms with van der Waals surface area (Å²) in [7, 11) is 0. The van der Waals surface area contributed by atoms with Gasteiger partial charge in [-0.25, -0.2) is 4.79 Å². The minimum absolute atomic E-state index is 0.198. The van der Waals surface area contributed by atoms with Crippen LogP contribution < -0.4 is 10.6 Å². The molecule has 0 unspecified atom stereocenters. The molecule has 4 rings (SSSR count). The topological polar surface area (TPSA) is 109 Å². The SMILES string of the molecule is O=C1NC(=O)C(=C2SC3=C(S2)C(=O)c2ccccc2C3=O)C(=O)N1. The highest BCUT2D eigenvalue weighted by molar-refractivity contribution is 8.29. The highest BCUT2D eigenvalue weighted by Gasteiger charge is 2.41. The van der Waals surface area contributed by atoms with E-state index in [1.54, 1.807) is 24.3 Å². The second-order valence-electron chi connectivity index (χ2n) is 4.97. The monoisotopic (exact) mass is 358 g/mol. The zero-order valence-corrected chi connectivity index (χ0v) is 13.3. The Morgan fingerprint density at radius 1 is 0.708 bits per heavy atom. The van der Waals surface area contributed by atoms with Crippen molar-refractivity contribution in [1.29, 1.82) is 0 Å². The van der Waals surface area contributed by atoms with Crippen LogP contribution in [-0.4, -0.2) is 29.4 Å². The number of Topliss-reactive ketones (excluding diaryl/α,β-unsaturated/α-hetero) is 2. The zero-order chi connectivity index (χ0) is 17.0. The summed E-state index contributed by atoms with van der Waals surface area (Å²) in [6.07, 6.45) is 0. The van der Waals surface area contributed by atoms with Crippen molar-refractivity contribution < 1.29 is 24.0 Å². The van der Waals surface area contributed by atoms with Gasteiger partial charge >= 0.3 is 6.03 Å². The van der Waals surface area contributed by atoms with Crippen molar-refractivity contribution in [2.45, 2.75) is 0 Å². The number of hydrogen-bond donors (Lipinski definition) is 2. The number of amides is 4. The maximum absolute atomic E-state index is 12.6. The number of carbonyl (C=O) groups is 5. The molecule has 1 aromatic rings. The highest BCUT2D eigenvalue weighted by atomic mass is 32.2. The minimum Gasteiger partial charge on any atom is -0.288 e. The Kier molecular flexibility index (Phi) is 3.22. The number of carbonyl (C=O) groups excluding carboxylic acids is 5. The lowest BCUT2D eigenvalue weighted by atomic mass is 9.94. The maximum Gasteiger partial charge on any atom is 0.328 e. The summed E-state index contributed by atoms with van der Waals surface area (Å²) in [5, 5.41) is 3.95. The number of ketones is 2. The molecule has 118 valence electrons. The number of fused-ring (bicyclic) bond motifs is 1. The van der Waals surface area contributed by atoms with Crippen LogP contribution in [0.1, 0.15) is 20.7 Å². The molecule has 2 heterocycles. The number of imide groups is 2. The van der Waals surface area contributed by atoms with E-state index in [-0.39, 0.29) is 31.2 Å². The summed E-state index contributed by atoms with van der Waals surface area (Å²) >= 11 is 1.81. The molecule has 1 aromatic carbocycles. The van der Waals surface area contributed by atoms with Crippen molar-refractivity contribution in [3.8, 4) is 0 Å². The molecule has 7 nitrogen and oxygen atoms in total. The molecule has 0 radical (unpaired) electrons. The largest absolute Gasteiger partial charge is 0.328 e. The minimum atomic E-state index is -0.903. The molecule has 0 saturated carbocycles. The molecule has 1 aliphatic carbocycles. The lowest BCUT2D eigenvalue weighted by Crippen LogP contribution is -2.51. The van der Waals surface area contributed by atoms with Crippen LogP contribution in [0.15, 0.2) is 43.9 Å². The lowest BCUT2D eigenvalue weighted by molar-refractivity contribution is -0.124. The Morgan fingerprint density at radius 3 is 1.62 bits per heavy atom. The van der Waals surface area contributed by atoms with Crippen LogP contribution in [-0.2, 0) is 9.59 Å². The van der Waals surface area contributed by atoms with Gasteiger partial charge in [0.1, 0.15) is 5.57 Å². The Bertz CT molecular complexity index is 889. The second kappa shape index (κ2) is 5.18. The van der Waals surface area contributed by atoms with Gasteiger partial charge in [-0.2, -0.15) is 0 Å². The van der Waals surface area contributed by atoms with E-state index in [0.29, 0.717) is 11.1 Å². The highest BCUT2D eigenvalue weighted by Crippen LogP contribution is 2.54. The van der Waals surface area contributed by atoms with E-state index in [4.69, 9.17) is 0 Å². The van der Waals surface area contributed by atoms with Crippen LogP contribution in [0.4, 0.5) is 4.79 Å². The third kappa shape index (κ3) is 2.05. The van der Waals surface area contributed by atoms with E-state index < -0.39 is 17.8 Å². The first-order valence-electron chi connectivity index (χ1n) is 6.66. The quantitative estimate of drug-likeness (QED) is 0.532.